The van der Waals surface area contributed by atoms with Crippen LogP contribution in [0.15, 0.2) is 12.4 Å². The summed E-state index contributed by atoms with van der Waals surface area (Å²) in [6.07, 6.45) is 6.14. The van der Waals surface area contributed by atoms with Crippen LogP contribution in [0.1, 0.15) is 18.9 Å². The Labute approximate surface area is 113 Å². The molecule has 2 aliphatic heterocycles. The lowest BCUT2D eigenvalue weighted by atomic mass is 10.1. The number of nitrogens with zero attached hydrogens (tertiary/aromatic N) is 3. The Morgan fingerprint density at radius 3 is 2.58 bits per heavy atom. The standard InChI is InChI=1S/C12H20N4O2S/c17-19(18)7-5-15(6-8-19)12-9-14-16(10-12)11-1-3-13-4-2-11/h9-11,13H,1-8H2. The first-order valence-electron chi connectivity index (χ1n) is 6.84. The third kappa shape index (κ3) is 2.92. The third-order valence-electron chi connectivity index (χ3n) is 3.98. The molecule has 0 spiro atoms. The van der Waals surface area contributed by atoms with Crippen LogP contribution in [0, 0.1) is 0 Å². The van der Waals surface area contributed by atoms with Crippen LogP contribution in [-0.4, -0.2) is 55.9 Å². The summed E-state index contributed by atoms with van der Waals surface area (Å²) >= 11 is 0. The predicted octanol–water partition coefficient (Wildman–Crippen LogP) is 0.0424. The monoisotopic (exact) mass is 284 g/mol. The minimum Gasteiger partial charge on any atom is -0.367 e. The second-order valence-corrected chi connectivity index (χ2v) is 7.60. The van der Waals surface area contributed by atoms with Crippen LogP contribution >= 0.6 is 0 Å². The molecule has 0 amide bonds. The van der Waals surface area contributed by atoms with Gasteiger partial charge in [0.2, 0.25) is 0 Å². The zero-order valence-electron chi connectivity index (χ0n) is 11.0. The van der Waals surface area contributed by atoms with E-state index in [0.717, 1.165) is 31.6 Å². The number of sulfone groups is 1. The summed E-state index contributed by atoms with van der Waals surface area (Å²) in [5.74, 6) is 0.511. The van der Waals surface area contributed by atoms with Crippen LogP contribution in [0.25, 0.3) is 0 Å². The van der Waals surface area contributed by atoms with Gasteiger partial charge in [0, 0.05) is 19.3 Å². The van der Waals surface area contributed by atoms with Crippen LogP contribution in [-0.2, 0) is 9.84 Å². The minimum atomic E-state index is -2.81. The van der Waals surface area contributed by atoms with Crippen molar-refractivity contribution in [2.45, 2.75) is 18.9 Å². The van der Waals surface area contributed by atoms with E-state index in [-0.39, 0.29) is 11.5 Å². The van der Waals surface area contributed by atoms with E-state index in [4.69, 9.17) is 0 Å². The van der Waals surface area contributed by atoms with Crippen molar-refractivity contribution in [3.63, 3.8) is 0 Å². The second-order valence-electron chi connectivity index (χ2n) is 5.30. The highest BCUT2D eigenvalue weighted by Gasteiger charge is 2.23. The van der Waals surface area contributed by atoms with Crippen molar-refractivity contribution in [1.29, 1.82) is 0 Å². The van der Waals surface area contributed by atoms with Gasteiger partial charge in [-0.1, -0.05) is 0 Å². The van der Waals surface area contributed by atoms with Crippen molar-refractivity contribution in [2.24, 2.45) is 0 Å². The number of hydrogen-bond acceptors (Lipinski definition) is 5. The van der Waals surface area contributed by atoms with Gasteiger partial charge in [-0.25, -0.2) is 8.42 Å². The molecule has 0 aliphatic carbocycles. The zero-order valence-corrected chi connectivity index (χ0v) is 11.8. The number of hydrogen-bond donors (Lipinski definition) is 1. The van der Waals surface area contributed by atoms with Crippen LogP contribution in [0.4, 0.5) is 5.69 Å². The van der Waals surface area contributed by atoms with Crippen molar-refractivity contribution in [2.75, 3.05) is 42.6 Å². The Kier molecular flexibility index (Phi) is 3.49. The van der Waals surface area contributed by atoms with E-state index in [0.29, 0.717) is 19.1 Å². The number of piperidine rings is 1. The molecule has 3 rings (SSSR count). The van der Waals surface area contributed by atoms with Gasteiger partial charge in [0.25, 0.3) is 0 Å². The molecule has 1 aromatic heterocycles. The lowest BCUT2D eigenvalue weighted by Crippen LogP contribution is -2.40. The van der Waals surface area contributed by atoms with Crippen LogP contribution in [0.3, 0.4) is 0 Å². The van der Waals surface area contributed by atoms with Gasteiger partial charge in [0.1, 0.15) is 0 Å². The number of rotatable bonds is 2. The van der Waals surface area contributed by atoms with Crippen molar-refractivity contribution >= 4 is 15.5 Å². The summed E-state index contributed by atoms with van der Waals surface area (Å²) in [5, 5.41) is 7.79. The van der Waals surface area contributed by atoms with Crippen molar-refractivity contribution in [3.8, 4) is 0 Å². The molecule has 0 bridgehead atoms. The SMILES string of the molecule is O=S1(=O)CCN(c2cnn(C3CCNCC3)c2)CC1. The van der Waals surface area contributed by atoms with Gasteiger partial charge in [-0.15, -0.1) is 0 Å². The minimum absolute atomic E-state index is 0.255. The molecule has 2 saturated heterocycles. The first-order valence-corrected chi connectivity index (χ1v) is 8.66. The Morgan fingerprint density at radius 2 is 1.89 bits per heavy atom. The van der Waals surface area contributed by atoms with Gasteiger partial charge in [-0.3, -0.25) is 4.68 Å². The average molecular weight is 284 g/mol. The highest BCUT2D eigenvalue weighted by molar-refractivity contribution is 7.91. The fraction of sp³-hybridized carbons (Fsp3) is 0.750. The summed E-state index contributed by atoms with van der Waals surface area (Å²) < 4.78 is 24.9. The highest BCUT2D eigenvalue weighted by atomic mass is 32.2. The van der Waals surface area contributed by atoms with Crippen LogP contribution in [0.2, 0.25) is 0 Å². The molecule has 2 aliphatic rings. The molecule has 7 heteroatoms. The normalized spacial score (nSPS) is 24.5. The molecule has 0 aromatic carbocycles. The topological polar surface area (TPSA) is 67.2 Å². The predicted molar refractivity (Wildman–Crippen MR) is 74.2 cm³/mol. The Balaban J connectivity index is 1.68. The molecule has 19 heavy (non-hydrogen) atoms. The van der Waals surface area contributed by atoms with Gasteiger partial charge in [0.05, 0.1) is 29.4 Å². The van der Waals surface area contributed by atoms with Crippen molar-refractivity contribution in [1.82, 2.24) is 15.1 Å². The van der Waals surface area contributed by atoms with Gasteiger partial charge in [0.15, 0.2) is 9.84 Å². The van der Waals surface area contributed by atoms with E-state index in [2.05, 4.69) is 21.5 Å². The molecule has 0 saturated carbocycles. The number of aromatic nitrogens is 2. The van der Waals surface area contributed by atoms with E-state index in [1.54, 1.807) is 0 Å². The summed E-state index contributed by atoms with van der Waals surface area (Å²) in [6, 6.07) is 0.475. The van der Waals surface area contributed by atoms with Crippen molar-refractivity contribution in [3.05, 3.63) is 12.4 Å². The molecule has 0 atom stereocenters. The first kappa shape index (κ1) is 12.9. The van der Waals surface area contributed by atoms with Crippen molar-refractivity contribution < 1.29 is 8.42 Å². The maximum Gasteiger partial charge on any atom is 0.153 e. The van der Waals surface area contributed by atoms with Gasteiger partial charge in [-0.05, 0) is 25.9 Å². The largest absolute Gasteiger partial charge is 0.367 e. The number of nitrogens with one attached hydrogen (secondary N) is 1. The molecule has 3 heterocycles. The zero-order chi connectivity index (χ0) is 13.3. The van der Waals surface area contributed by atoms with E-state index < -0.39 is 9.84 Å². The first-order chi connectivity index (χ1) is 9.14. The number of anilines is 1. The van der Waals surface area contributed by atoms with E-state index >= 15 is 0 Å². The average Bonchev–Trinajstić information content (AvgIpc) is 2.89. The lowest BCUT2D eigenvalue weighted by molar-refractivity contribution is 0.343. The van der Waals surface area contributed by atoms with Crippen LogP contribution < -0.4 is 10.2 Å². The summed E-state index contributed by atoms with van der Waals surface area (Å²) in [5.41, 5.74) is 1.05. The molecular formula is C12H20N4O2S. The Morgan fingerprint density at radius 1 is 1.21 bits per heavy atom. The summed E-state index contributed by atoms with van der Waals surface area (Å²) in [4.78, 5) is 2.12. The Bertz CT molecular complexity index is 520. The fourth-order valence-electron chi connectivity index (χ4n) is 2.73. The maximum absolute atomic E-state index is 11.4. The van der Waals surface area contributed by atoms with Gasteiger partial charge in [-0.2, -0.15) is 5.10 Å². The molecule has 106 valence electrons. The maximum atomic E-state index is 11.4. The second kappa shape index (κ2) is 5.13. The molecule has 2 fully saturated rings. The van der Waals surface area contributed by atoms with E-state index in [9.17, 15) is 8.42 Å². The van der Waals surface area contributed by atoms with Crippen LogP contribution in [0.5, 0.6) is 0 Å². The van der Waals surface area contributed by atoms with E-state index in [1.165, 1.54) is 0 Å². The molecule has 0 radical (unpaired) electrons. The Hall–Kier alpha value is -1.08. The van der Waals surface area contributed by atoms with Gasteiger partial charge < -0.3 is 10.2 Å². The smallest absolute Gasteiger partial charge is 0.153 e. The summed E-state index contributed by atoms with van der Waals surface area (Å²) in [6.45, 7) is 3.25. The van der Waals surface area contributed by atoms with E-state index in [1.807, 2.05) is 10.9 Å². The molecular weight excluding hydrogens is 264 g/mol. The molecule has 0 unspecified atom stereocenters. The summed E-state index contributed by atoms with van der Waals surface area (Å²) in [7, 11) is -2.81. The third-order valence-corrected chi connectivity index (χ3v) is 5.59. The van der Waals surface area contributed by atoms with Gasteiger partial charge >= 0.3 is 0 Å². The molecule has 1 aromatic rings. The molecule has 1 N–H and O–H groups in total. The molecule has 6 nitrogen and oxygen atoms in total. The highest BCUT2D eigenvalue weighted by Crippen LogP contribution is 2.22. The lowest BCUT2D eigenvalue weighted by Gasteiger charge is -2.27. The quantitative estimate of drug-likeness (QED) is 0.831. The fourth-order valence-corrected chi connectivity index (χ4v) is 3.93.